The molecule has 3 saturated heterocycles. The van der Waals surface area contributed by atoms with Gasteiger partial charge >= 0.3 is 12.1 Å². The number of hydrogen-bond donors (Lipinski definition) is 1. The van der Waals surface area contributed by atoms with Gasteiger partial charge in [0.15, 0.2) is 18.1 Å². The lowest BCUT2D eigenvalue weighted by molar-refractivity contribution is -0.192. The Labute approximate surface area is 196 Å². The maximum atomic E-state index is 12.6. The van der Waals surface area contributed by atoms with Crippen molar-refractivity contribution < 1.29 is 42.1 Å². The Kier molecular flexibility index (Phi) is 9.01. The molecule has 1 aromatic carbocycles. The van der Waals surface area contributed by atoms with Gasteiger partial charge in [-0.3, -0.25) is 4.79 Å². The number of alkyl halides is 3. The van der Waals surface area contributed by atoms with E-state index in [2.05, 4.69) is 4.90 Å². The zero-order valence-electron chi connectivity index (χ0n) is 19.1. The lowest BCUT2D eigenvalue weighted by atomic mass is 9.92. The van der Waals surface area contributed by atoms with Gasteiger partial charge in [-0.2, -0.15) is 13.2 Å². The van der Waals surface area contributed by atoms with Crippen LogP contribution >= 0.6 is 0 Å². The molecule has 3 atom stereocenters. The van der Waals surface area contributed by atoms with E-state index in [0.717, 1.165) is 19.7 Å². The highest BCUT2D eigenvalue weighted by atomic mass is 19.4. The Morgan fingerprint density at radius 2 is 1.76 bits per heavy atom. The van der Waals surface area contributed by atoms with Gasteiger partial charge in [0.2, 0.25) is 0 Å². The number of halogens is 3. The van der Waals surface area contributed by atoms with Crippen molar-refractivity contribution in [3.8, 4) is 11.5 Å². The molecule has 0 bridgehead atoms. The molecule has 0 unspecified atom stereocenters. The highest BCUT2D eigenvalue weighted by Crippen LogP contribution is 2.35. The monoisotopic (exact) mass is 488 g/mol. The minimum Gasteiger partial charge on any atom is -0.493 e. The van der Waals surface area contributed by atoms with Crippen LogP contribution in [0.4, 0.5) is 13.2 Å². The number of methoxy groups -OCH3 is 1. The molecule has 0 aromatic heterocycles. The molecule has 3 aliphatic rings. The highest BCUT2D eigenvalue weighted by Gasteiger charge is 2.45. The fourth-order valence-corrected chi connectivity index (χ4v) is 4.63. The number of amides is 1. The van der Waals surface area contributed by atoms with Crippen molar-refractivity contribution in [2.24, 2.45) is 11.8 Å². The van der Waals surface area contributed by atoms with Crippen LogP contribution in [0.5, 0.6) is 11.5 Å². The Bertz CT molecular complexity index is 831. The summed E-state index contributed by atoms with van der Waals surface area (Å²) in [4.78, 5) is 26.0. The third kappa shape index (κ3) is 6.99. The van der Waals surface area contributed by atoms with Crippen molar-refractivity contribution in [2.75, 3.05) is 53.0 Å². The zero-order chi connectivity index (χ0) is 24.7. The van der Waals surface area contributed by atoms with Crippen LogP contribution in [0.25, 0.3) is 0 Å². The quantitative estimate of drug-likeness (QED) is 0.659. The Morgan fingerprint density at radius 3 is 2.38 bits per heavy atom. The summed E-state index contributed by atoms with van der Waals surface area (Å²) in [6.45, 7) is 5.89. The number of carbonyl (C=O) groups excluding carboxylic acids is 1. The van der Waals surface area contributed by atoms with Crippen molar-refractivity contribution >= 4 is 11.9 Å². The van der Waals surface area contributed by atoms with E-state index >= 15 is 0 Å². The summed E-state index contributed by atoms with van der Waals surface area (Å²) in [6, 6.07) is 7.41. The van der Waals surface area contributed by atoms with Gasteiger partial charge in [-0.05, 0) is 38.1 Å². The lowest BCUT2D eigenvalue weighted by Gasteiger charge is -2.30. The van der Waals surface area contributed by atoms with Gasteiger partial charge in [0, 0.05) is 31.5 Å². The highest BCUT2D eigenvalue weighted by molar-refractivity contribution is 5.78. The third-order valence-corrected chi connectivity index (χ3v) is 6.40. The molecule has 34 heavy (non-hydrogen) atoms. The zero-order valence-corrected chi connectivity index (χ0v) is 19.1. The van der Waals surface area contributed by atoms with Crippen LogP contribution < -0.4 is 9.47 Å². The molecule has 0 aliphatic carbocycles. The molecule has 11 heteroatoms. The third-order valence-electron chi connectivity index (χ3n) is 6.40. The molecule has 3 fully saturated rings. The van der Waals surface area contributed by atoms with Crippen LogP contribution in [0.3, 0.4) is 0 Å². The van der Waals surface area contributed by atoms with Crippen molar-refractivity contribution in [3.63, 3.8) is 0 Å². The predicted octanol–water partition coefficient (Wildman–Crippen LogP) is 2.67. The van der Waals surface area contributed by atoms with Gasteiger partial charge in [0.05, 0.1) is 19.8 Å². The van der Waals surface area contributed by atoms with Gasteiger partial charge in [-0.1, -0.05) is 18.6 Å². The minimum atomic E-state index is -5.08. The van der Waals surface area contributed by atoms with Crippen LogP contribution in [0.2, 0.25) is 0 Å². The number of ether oxygens (including phenoxy) is 3. The van der Waals surface area contributed by atoms with E-state index in [4.69, 9.17) is 24.1 Å². The first-order valence-electron chi connectivity index (χ1n) is 11.4. The normalized spacial score (nSPS) is 24.7. The fraction of sp³-hybridized carbons (Fsp3) is 0.652. The Balaban J connectivity index is 0.000000406. The van der Waals surface area contributed by atoms with Crippen molar-refractivity contribution in [3.05, 3.63) is 24.3 Å². The van der Waals surface area contributed by atoms with Crippen LogP contribution in [-0.4, -0.2) is 92.1 Å². The van der Waals surface area contributed by atoms with E-state index in [1.807, 2.05) is 29.2 Å². The van der Waals surface area contributed by atoms with E-state index in [9.17, 15) is 18.0 Å². The second-order valence-corrected chi connectivity index (χ2v) is 8.70. The van der Waals surface area contributed by atoms with Crippen LogP contribution in [0.1, 0.15) is 19.3 Å². The van der Waals surface area contributed by atoms with E-state index in [1.54, 1.807) is 7.11 Å². The van der Waals surface area contributed by atoms with E-state index in [1.165, 1.54) is 32.4 Å². The summed E-state index contributed by atoms with van der Waals surface area (Å²) in [7, 11) is 1.60. The number of hydrogen-bond acceptors (Lipinski definition) is 6. The first kappa shape index (κ1) is 26.1. The van der Waals surface area contributed by atoms with Gasteiger partial charge in [-0.15, -0.1) is 0 Å². The summed E-state index contributed by atoms with van der Waals surface area (Å²) in [5.74, 6) is -0.480. The number of piperidine rings is 1. The maximum Gasteiger partial charge on any atom is 0.490 e. The molecule has 3 heterocycles. The summed E-state index contributed by atoms with van der Waals surface area (Å²) < 4.78 is 48.7. The van der Waals surface area contributed by atoms with Crippen LogP contribution in [0.15, 0.2) is 24.3 Å². The summed E-state index contributed by atoms with van der Waals surface area (Å²) in [6.07, 6.45) is -0.910. The number of carboxylic acids is 1. The standard InChI is InChI=1S/C21H30N2O4.C2HF3O2/c1-25-18-7-3-4-8-19(18)27-15-21(24)23-12-17-16(14-26-20(17)13-23)11-22-9-5-2-6-10-22;3-2(4,5)1(6)7/h3-4,7-8,16-17,20H,2,5-6,9-15H2,1H3;(H,6,7)/t16-,17-,20-;/m1./s1. The molecular formula is C23H31F3N2O6. The Morgan fingerprint density at radius 1 is 1.12 bits per heavy atom. The number of carbonyl (C=O) groups is 2. The van der Waals surface area contributed by atoms with Gasteiger partial charge in [0.25, 0.3) is 5.91 Å². The molecule has 1 amide bonds. The number of carboxylic acid groups (broad SMARTS) is 1. The first-order valence-corrected chi connectivity index (χ1v) is 11.4. The molecule has 3 aliphatic heterocycles. The molecule has 190 valence electrons. The van der Waals surface area contributed by atoms with E-state index in [0.29, 0.717) is 29.9 Å². The average molecular weight is 489 g/mol. The SMILES string of the molecule is COc1ccccc1OCC(=O)N1C[C@@H]2[C@H](CN3CCCCC3)CO[C@@H]2C1.O=C(O)C(F)(F)F. The van der Waals surface area contributed by atoms with Crippen LogP contribution in [-0.2, 0) is 14.3 Å². The Hall–Kier alpha value is -2.53. The smallest absolute Gasteiger partial charge is 0.490 e. The molecule has 0 radical (unpaired) electrons. The van der Waals surface area contributed by atoms with Crippen molar-refractivity contribution in [1.82, 2.24) is 9.80 Å². The molecular weight excluding hydrogens is 457 g/mol. The van der Waals surface area contributed by atoms with Gasteiger partial charge in [-0.25, -0.2) is 4.79 Å². The topological polar surface area (TPSA) is 88.5 Å². The largest absolute Gasteiger partial charge is 0.493 e. The minimum absolute atomic E-state index is 0.0237. The van der Waals surface area contributed by atoms with Gasteiger partial charge < -0.3 is 29.1 Å². The predicted molar refractivity (Wildman–Crippen MR) is 116 cm³/mol. The second kappa shape index (κ2) is 11.7. The van der Waals surface area contributed by atoms with Crippen molar-refractivity contribution in [2.45, 2.75) is 31.5 Å². The number of likely N-dealkylation sites (tertiary alicyclic amines) is 2. The molecule has 0 spiro atoms. The number of benzene rings is 1. The summed E-state index contributed by atoms with van der Waals surface area (Å²) in [5, 5.41) is 7.12. The molecule has 8 nitrogen and oxygen atoms in total. The number of rotatable bonds is 6. The maximum absolute atomic E-state index is 12.6. The molecule has 1 N–H and O–H groups in total. The van der Waals surface area contributed by atoms with E-state index in [-0.39, 0.29) is 18.6 Å². The van der Waals surface area contributed by atoms with Crippen LogP contribution in [0, 0.1) is 11.8 Å². The average Bonchev–Trinajstić information content (AvgIpc) is 3.40. The fourth-order valence-electron chi connectivity index (χ4n) is 4.63. The number of aliphatic carboxylic acids is 1. The van der Waals surface area contributed by atoms with Gasteiger partial charge in [0.1, 0.15) is 0 Å². The number of fused-ring (bicyclic) bond motifs is 1. The first-order chi connectivity index (χ1) is 16.2. The number of para-hydroxylation sites is 2. The molecule has 4 rings (SSSR count). The van der Waals surface area contributed by atoms with Crippen molar-refractivity contribution in [1.29, 1.82) is 0 Å². The molecule has 1 aromatic rings. The van der Waals surface area contributed by atoms with E-state index < -0.39 is 12.1 Å². The summed E-state index contributed by atoms with van der Waals surface area (Å²) >= 11 is 0. The summed E-state index contributed by atoms with van der Waals surface area (Å²) in [5.41, 5.74) is 0. The number of nitrogens with zero attached hydrogens (tertiary/aromatic N) is 2. The lowest BCUT2D eigenvalue weighted by Crippen LogP contribution is -2.38. The second-order valence-electron chi connectivity index (χ2n) is 8.70. The molecule has 0 saturated carbocycles.